The first kappa shape index (κ1) is 13.8. The average Bonchev–Trinajstić information content (AvgIpc) is 2.93. The number of halogens is 1. The molecule has 0 spiro atoms. The number of ether oxygens (including phenoxy) is 1. The summed E-state index contributed by atoms with van der Waals surface area (Å²) < 4.78 is 5.11. The summed E-state index contributed by atoms with van der Waals surface area (Å²) >= 11 is 6.19. The Morgan fingerprint density at radius 2 is 2.05 bits per heavy atom. The fourth-order valence-electron chi connectivity index (χ4n) is 3.06. The number of anilines is 1. The number of hydrogen-bond acceptors (Lipinski definition) is 4. The molecule has 2 aliphatic heterocycles. The molecule has 6 nitrogen and oxygen atoms in total. The first-order valence-electron chi connectivity index (χ1n) is 7.46. The van der Waals surface area contributed by atoms with E-state index in [-0.39, 0.29) is 11.8 Å². The van der Waals surface area contributed by atoms with Gasteiger partial charge in [0, 0.05) is 42.3 Å². The van der Waals surface area contributed by atoms with E-state index in [0.29, 0.717) is 18.2 Å². The second kappa shape index (κ2) is 5.44. The van der Waals surface area contributed by atoms with Crippen molar-refractivity contribution in [2.75, 3.05) is 44.3 Å². The normalized spacial score (nSPS) is 19.5. The number of nitrogens with zero attached hydrogens (tertiary/aromatic N) is 3. The molecule has 0 bridgehead atoms. The van der Waals surface area contributed by atoms with E-state index in [2.05, 4.69) is 15.1 Å². The number of fused-ring (bicyclic) bond motifs is 1. The number of aromatic nitrogens is 2. The minimum absolute atomic E-state index is 0.0679. The van der Waals surface area contributed by atoms with Crippen molar-refractivity contribution in [1.29, 1.82) is 0 Å². The lowest BCUT2D eigenvalue weighted by atomic mass is 10.1. The van der Waals surface area contributed by atoms with Crippen molar-refractivity contribution in [3.8, 4) is 0 Å². The van der Waals surface area contributed by atoms with Crippen LogP contribution in [0.4, 0.5) is 5.69 Å². The third kappa shape index (κ3) is 2.32. The highest BCUT2D eigenvalue weighted by atomic mass is 35.5. The largest absolute Gasteiger partial charge is 0.380 e. The maximum Gasteiger partial charge on any atom is 0.230 e. The Hall–Kier alpha value is -1.79. The van der Waals surface area contributed by atoms with Crippen molar-refractivity contribution < 1.29 is 9.53 Å². The maximum atomic E-state index is 12.2. The van der Waals surface area contributed by atoms with E-state index in [0.717, 1.165) is 42.8 Å². The van der Waals surface area contributed by atoms with Crippen molar-refractivity contribution in [1.82, 2.24) is 15.1 Å². The van der Waals surface area contributed by atoms with Crippen LogP contribution in [0, 0.1) is 5.92 Å². The van der Waals surface area contributed by atoms with Gasteiger partial charge >= 0.3 is 0 Å². The van der Waals surface area contributed by atoms with Crippen LogP contribution in [-0.2, 0) is 9.53 Å². The second-order valence-corrected chi connectivity index (χ2v) is 6.24. The number of nitrogens with one attached hydrogen (secondary N) is 1. The molecule has 0 aliphatic carbocycles. The van der Waals surface area contributed by atoms with Crippen LogP contribution in [0.25, 0.3) is 10.9 Å². The molecule has 0 unspecified atom stereocenters. The molecule has 0 radical (unpaired) electrons. The number of piperazine rings is 1. The molecule has 2 aromatic rings. The van der Waals surface area contributed by atoms with Crippen LogP contribution in [0.5, 0.6) is 0 Å². The van der Waals surface area contributed by atoms with Gasteiger partial charge in [-0.25, -0.2) is 0 Å². The number of carbonyl (C=O) groups is 1. The quantitative estimate of drug-likeness (QED) is 0.911. The van der Waals surface area contributed by atoms with Gasteiger partial charge in [0.2, 0.25) is 5.91 Å². The SMILES string of the molecule is O=C(C1COC1)N1CCN(c2cc(Cl)cc3[nH]ncc23)CC1. The third-order valence-electron chi connectivity index (χ3n) is 4.42. The van der Waals surface area contributed by atoms with E-state index in [1.54, 1.807) is 0 Å². The summed E-state index contributed by atoms with van der Waals surface area (Å²) in [5.74, 6) is 0.295. The van der Waals surface area contributed by atoms with Crippen LogP contribution in [0.1, 0.15) is 0 Å². The zero-order valence-corrected chi connectivity index (χ0v) is 12.8. The van der Waals surface area contributed by atoms with Crippen LogP contribution < -0.4 is 4.90 Å². The maximum absolute atomic E-state index is 12.2. The lowest BCUT2D eigenvalue weighted by Crippen LogP contribution is -2.53. The topological polar surface area (TPSA) is 61.5 Å². The summed E-state index contributed by atoms with van der Waals surface area (Å²) in [5, 5.41) is 8.81. The summed E-state index contributed by atoms with van der Waals surface area (Å²) in [6, 6.07) is 3.85. The fraction of sp³-hybridized carbons (Fsp3) is 0.467. The Labute approximate surface area is 133 Å². The molecule has 1 aromatic carbocycles. The van der Waals surface area contributed by atoms with E-state index < -0.39 is 0 Å². The molecular weight excluding hydrogens is 304 g/mol. The number of rotatable bonds is 2. The van der Waals surface area contributed by atoms with Crippen LogP contribution in [0.2, 0.25) is 5.02 Å². The van der Waals surface area contributed by atoms with Gasteiger partial charge in [-0.05, 0) is 12.1 Å². The van der Waals surface area contributed by atoms with Gasteiger partial charge in [-0.3, -0.25) is 9.89 Å². The zero-order chi connectivity index (χ0) is 15.1. The number of H-pyrrole nitrogens is 1. The summed E-state index contributed by atoms with van der Waals surface area (Å²) in [4.78, 5) is 16.5. The highest BCUT2D eigenvalue weighted by Gasteiger charge is 2.32. The Morgan fingerprint density at radius 1 is 1.27 bits per heavy atom. The highest BCUT2D eigenvalue weighted by molar-refractivity contribution is 6.31. The lowest BCUT2D eigenvalue weighted by molar-refractivity contribution is -0.150. The Bertz CT molecular complexity index is 705. The molecule has 0 atom stereocenters. The zero-order valence-electron chi connectivity index (χ0n) is 12.1. The second-order valence-electron chi connectivity index (χ2n) is 5.80. The van der Waals surface area contributed by atoms with Crippen LogP contribution in [0.3, 0.4) is 0 Å². The van der Waals surface area contributed by atoms with Crippen molar-refractivity contribution in [3.05, 3.63) is 23.4 Å². The predicted octanol–water partition coefficient (Wildman–Crippen LogP) is 1.51. The molecule has 7 heteroatoms. The molecule has 1 amide bonds. The molecule has 22 heavy (non-hydrogen) atoms. The minimum Gasteiger partial charge on any atom is -0.380 e. The van der Waals surface area contributed by atoms with Crippen molar-refractivity contribution in [2.45, 2.75) is 0 Å². The Morgan fingerprint density at radius 3 is 2.73 bits per heavy atom. The lowest BCUT2D eigenvalue weighted by Gasteiger charge is -2.39. The molecule has 116 valence electrons. The van der Waals surface area contributed by atoms with Gasteiger partial charge in [-0.2, -0.15) is 5.10 Å². The minimum atomic E-state index is 0.0679. The smallest absolute Gasteiger partial charge is 0.230 e. The van der Waals surface area contributed by atoms with Crippen LogP contribution >= 0.6 is 11.6 Å². The molecule has 2 aliphatic rings. The van der Waals surface area contributed by atoms with Gasteiger partial charge in [0.15, 0.2) is 0 Å². The van der Waals surface area contributed by atoms with Gasteiger partial charge in [-0.15, -0.1) is 0 Å². The van der Waals surface area contributed by atoms with Gasteiger partial charge in [0.25, 0.3) is 0 Å². The van der Waals surface area contributed by atoms with Crippen molar-refractivity contribution in [2.24, 2.45) is 5.92 Å². The summed E-state index contributed by atoms with van der Waals surface area (Å²) in [7, 11) is 0. The van der Waals surface area contributed by atoms with Gasteiger partial charge < -0.3 is 14.5 Å². The van der Waals surface area contributed by atoms with E-state index >= 15 is 0 Å². The third-order valence-corrected chi connectivity index (χ3v) is 4.64. The molecule has 3 heterocycles. The van der Waals surface area contributed by atoms with Gasteiger partial charge in [0.1, 0.15) is 0 Å². The molecule has 4 rings (SSSR count). The Kier molecular flexibility index (Phi) is 3.43. The standard InChI is InChI=1S/C15H17ClN4O2/c16-11-5-13-12(7-17-18-13)14(6-11)19-1-3-20(4-2-19)15(21)10-8-22-9-10/h5-7,10H,1-4,8-9H2,(H,17,18). The summed E-state index contributed by atoms with van der Waals surface area (Å²) in [5.41, 5.74) is 2.02. The molecular formula is C15H17ClN4O2. The first-order valence-corrected chi connectivity index (χ1v) is 7.84. The van der Waals surface area contributed by atoms with Gasteiger partial charge in [0.05, 0.1) is 30.8 Å². The summed E-state index contributed by atoms with van der Waals surface area (Å²) in [6.45, 7) is 4.23. The van der Waals surface area contributed by atoms with Gasteiger partial charge in [-0.1, -0.05) is 11.6 Å². The molecule has 1 N–H and O–H groups in total. The predicted molar refractivity (Wildman–Crippen MR) is 84.2 cm³/mol. The Balaban J connectivity index is 1.50. The first-order chi connectivity index (χ1) is 10.7. The number of hydrogen-bond donors (Lipinski definition) is 1. The van der Waals surface area contributed by atoms with Crippen LogP contribution in [0.15, 0.2) is 18.3 Å². The average molecular weight is 321 g/mol. The van der Waals surface area contributed by atoms with E-state index in [1.807, 2.05) is 23.2 Å². The molecule has 2 saturated heterocycles. The van der Waals surface area contributed by atoms with E-state index in [4.69, 9.17) is 16.3 Å². The van der Waals surface area contributed by atoms with Crippen LogP contribution in [-0.4, -0.2) is 60.4 Å². The van der Waals surface area contributed by atoms with Crippen molar-refractivity contribution >= 4 is 34.1 Å². The number of carbonyl (C=O) groups excluding carboxylic acids is 1. The number of aromatic amines is 1. The molecule has 2 fully saturated rings. The highest BCUT2D eigenvalue weighted by Crippen LogP contribution is 2.30. The monoisotopic (exact) mass is 320 g/mol. The number of benzene rings is 1. The molecule has 0 saturated carbocycles. The number of amides is 1. The van der Waals surface area contributed by atoms with E-state index in [9.17, 15) is 4.79 Å². The van der Waals surface area contributed by atoms with Crippen molar-refractivity contribution in [3.63, 3.8) is 0 Å². The fourth-order valence-corrected chi connectivity index (χ4v) is 3.28. The van der Waals surface area contributed by atoms with E-state index in [1.165, 1.54) is 0 Å². The molecule has 1 aromatic heterocycles. The summed E-state index contributed by atoms with van der Waals surface area (Å²) in [6.07, 6.45) is 1.82.